The van der Waals surface area contributed by atoms with Crippen molar-refractivity contribution in [3.63, 3.8) is 0 Å². The number of carbonyl (C=O) groups excluding carboxylic acids is 1. The zero-order valence-electron chi connectivity index (χ0n) is 11.3. The molecule has 22 heavy (non-hydrogen) atoms. The third-order valence-corrected chi connectivity index (χ3v) is 3.23. The fourth-order valence-electron chi connectivity index (χ4n) is 1.80. The molecule has 2 aromatic rings. The van der Waals surface area contributed by atoms with E-state index >= 15 is 0 Å². The van der Waals surface area contributed by atoms with Crippen LogP contribution in [0.15, 0.2) is 42.5 Å². The molecule has 0 fully saturated rings. The number of benzene rings is 2. The second-order valence-electron chi connectivity index (χ2n) is 4.50. The molecule has 0 aliphatic rings. The molecule has 1 unspecified atom stereocenters. The molecule has 2 amide bonds. The monoisotopic (exact) mass is 326 g/mol. The average molecular weight is 327 g/mol. The Morgan fingerprint density at radius 1 is 1.23 bits per heavy atom. The molecular formula is C15H13ClF2N2O2. The van der Waals surface area contributed by atoms with E-state index in [0.29, 0.717) is 16.8 Å². The van der Waals surface area contributed by atoms with E-state index in [4.69, 9.17) is 11.6 Å². The quantitative estimate of drug-likeness (QED) is 0.805. The molecule has 1 atom stereocenters. The lowest BCUT2D eigenvalue weighted by Crippen LogP contribution is -2.32. The zero-order chi connectivity index (χ0) is 16.1. The number of nitrogens with one attached hydrogen (secondary N) is 2. The van der Waals surface area contributed by atoms with Gasteiger partial charge in [-0.05, 0) is 18.2 Å². The minimum Gasteiger partial charge on any atom is -0.386 e. The normalized spacial score (nSPS) is 11.8. The molecule has 0 heterocycles. The summed E-state index contributed by atoms with van der Waals surface area (Å²) in [5, 5.41) is 15.1. The van der Waals surface area contributed by atoms with E-state index in [1.807, 2.05) is 0 Å². The summed E-state index contributed by atoms with van der Waals surface area (Å²) in [4.78, 5) is 11.7. The van der Waals surface area contributed by atoms with Gasteiger partial charge in [-0.3, -0.25) is 0 Å². The lowest BCUT2D eigenvalue weighted by molar-refractivity contribution is 0.170. The summed E-state index contributed by atoms with van der Waals surface area (Å²) in [5.41, 5.74) is 0.309. The molecule has 7 heteroatoms. The predicted molar refractivity (Wildman–Crippen MR) is 79.8 cm³/mol. The SMILES string of the molecule is O=C(NCC(O)c1ccc(F)cc1F)Nc1ccccc1Cl. The molecule has 0 saturated heterocycles. The van der Waals surface area contributed by atoms with Gasteiger partial charge in [0.15, 0.2) is 0 Å². The molecule has 0 aliphatic carbocycles. The third-order valence-electron chi connectivity index (χ3n) is 2.90. The van der Waals surface area contributed by atoms with Crippen LogP contribution in [0.25, 0.3) is 0 Å². The molecule has 0 bridgehead atoms. The Kier molecular flexibility index (Phi) is 5.30. The molecule has 2 rings (SSSR count). The van der Waals surface area contributed by atoms with Crippen molar-refractivity contribution >= 4 is 23.3 Å². The zero-order valence-corrected chi connectivity index (χ0v) is 12.1. The van der Waals surface area contributed by atoms with Crippen LogP contribution in [0.4, 0.5) is 19.3 Å². The molecule has 0 aromatic heterocycles. The van der Waals surface area contributed by atoms with Crippen LogP contribution in [0.3, 0.4) is 0 Å². The summed E-state index contributed by atoms with van der Waals surface area (Å²) in [7, 11) is 0. The number of amides is 2. The van der Waals surface area contributed by atoms with Gasteiger partial charge in [-0.1, -0.05) is 29.8 Å². The molecule has 0 radical (unpaired) electrons. The first-order valence-corrected chi connectivity index (χ1v) is 6.77. The average Bonchev–Trinajstić information content (AvgIpc) is 2.47. The van der Waals surface area contributed by atoms with Gasteiger partial charge < -0.3 is 15.7 Å². The van der Waals surface area contributed by atoms with Crippen LogP contribution in [-0.2, 0) is 0 Å². The number of hydrogen-bond donors (Lipinski definition) is 3. The van der Waals surface area contributed by atoms with Crippen molar-refractivity contribution in [3.8, 4) is 0 Å². The van der Waals surface area contributed by atoms with Crippen LogP contribution in [0.1, 0.15) is 11.7 Å². The first kappa shape index (κ1) is 16.2. The van der Waals surface area contributed by atoms with Crippen molar-refractivity contribution in [1.82, 2.24) is 5.32 Å². The van der Waals surface area contributed by atoms with Crippen LogP contribution in [-0.4, -0.2) is 17.7 Å². The van der Waals surface area contributed by atoms with E-state index < -0.39 is 23.8 Å². The van der Waals surface area contributed by atoms with Gasteiger partial charge >= 0.3 is 6.03 Å². The predicted octanol–water partition coefficient (Wildman–Crippen LogP) is 3.47. The second kappa shape index (κ2) is 7.20. The maximum absolute atomic E-state index is 13.5. The summed E-state index contributed by atoms with van der Waals surface area (Å²) in [6, 6.07) is 8.86. The van der Waals surface area contributed by atoms with E-state index in [2.05, 4.69) is 10.6 Å². The Morgan fingerprint density at radius 2 is 1.95 bits per heavy atom. The number of halogens is 3. The Morgan fingerprint density at radius 3 is 2.64 bits per heavy atom. The molecular weight excluding hydrogens is 314 g/mol. The van der Waals surface area contributed by atoms with Crippen LogP contribution < -0.4 is 10.6 Å². The number of anilines is 1. The van der Waals surface area contributed by atoms with Crippen LogP contribution >= 0.6 is 11.6 Å². The highest BCUT2D eigenvalue weighted by Crippen LogP contribution is 2.20. The fourth-order valence-corrected chi connectivity index (χ4v) is 1.98. The number of rotatable bonds is 4. The van der Waals surface area contributed by atoms with Gasteiger partial charge in [0, 0.05) is 18.2 Å². The fraction of sp³-hybridized carbons (Fsp3) is 0.133. The first-order chi connectivity index (χ1) is 10.5. The Hall–Kier alpha value is -2.18. The van der Waals surface area contributed by atoms with E-state index in [9.17, 15) is 18.7 Å². The molecule has 0 spiro atoms. The van der Waals surface area contributed by atoms with E-state index in [-0.39, 0.29) is 12.1 Å². The highest BCUT2D eigenvalue weighted by atomic mass is 35.5. The van der Waals surface area contributed by atoms with E-state index in [1.54, 1.807) is 24.3 Å². The van der Waals surface area contributed by atoms with E-state index in [0.717, 1.165) is 12.1 Å². The van der Waals surface area contributed by atoms with Gasteiger partial charge in [0.25, 0.3) is 0 Å². The first-order valence-electron chi connectivity index (χ1n) is 6.40. The molecule has 0 aliphatic heterocycles. The van der Waals surface area contributed by atoms with Gasteiger partial charge in [0.05, 0.1) is 16.8 Å². The van der Waals surface area contributed by atoms with Crippen molar-refractivity contribution in [2.24, 2.45) is 0 Å². The standard InChI is InChI=1S/C15H13ClF2N2O2/c16-11-3-1-2-4-13(11)20-15(22)19-8-14(21)10-6-5-9(17)7-12(10)18/h1-7,14,21H,8H2,(H2,19,20,22). The molecule has 3 N–H and O–H groups in total. The molecule has 2 aromatic carbocycles. The summed E-state index contributed by atoms with van der Waals surface area (Å²) in [5.74, 6) is -1.61. The van der Waals surface area contributed by atoms with Crippen molar-refractivity contribution < 1.29 is 18.7 Å². The molecule has 4 nitrogen and oxygen atoms in total. The minimum absolute atomic E-state index is 0.0977. The Balaban J connectivity index is 1.92. The highest BCUT2D eigenvalue weighted by molar-refractivity contribution is 6.33. The lowest BCUT2D eigenvalue weighted by atomic mass is 10.1. The van der Waals surface area contributed by atoms with Crippen molar-refractivity contribution in [2.75, 3.05) is 11.9 Å². The number of carbonyl (C=O) groups is 1. The number of aliphatic hydroxyl groups excluding tert-OH is 1. The smallest absolute Gasteiger partial charge is 0.319 e. The van der Waals surface area contributed by atoms with Gasteiger partial charge in [0.1, 0.15) is 11.6 Å². The second-order valence-corrected chi connectivity index (χ2v) is 4.90. The van der Waals surface area contributed by atoms with Gasteiger partial charge in [-0.25, -0.2) is 13.6 Å². The van der Waals surface area contributed by atoms with Crippen molar-refractivity contribution in [2.45, 2.75) is 6.10 Å². The van der Waals surface area contributed by atoms with Gasteiger partial charge in [0.2, 0.25) is 0 Å². The van der Waals surface area contributed by atoms with Crippen molar-refractivity contribution in [3.05, 3.63) is 64.7 Å². The maximum atomic E-state index is 13.5. The molecule has 116 valence electrons. The maximum Gasteiger partial charge on any atom is 0.319 e. The summed E-state index contributed by atoms with van der Waals surface area (Å²) >= 11 is 5.89. The van der Waals surface area contributed by atoms with Crippen LogP contribution in [0.2, 0.25) is 5.02 Å². The van der Waals surface area contributed by atoms with Crippen LogP contribution in [0.5, 0.6) is 0 Å². The van der Waals surface area contributed by atoms with E-state index in [1.165, 1.54) is 0 Å². The largest absolute Gasteiger partial charge is 0.386 e. The third kappa shape index (κ3) is 4.16. The number of aliphatic hydroxyl groups is 1. The number of urea groups is 1. The Labute approximate surface area is 130 Å². The van der Waals surface area contributed by atoms with Crippen molar-refractivity contribution in [1.29, 1.82) is 0 Å². The summed E-state index contributed by atoms with van der Waals surface area (Å²) in [6.07, 6.45) is -1.29. The summed E-state index contributed by atoms with van der Waals surface area (Å²) < 4.78 is 26.3. The minimum atomic E-state index is -1.29. The number of para-hydroxylation sites is 1. The van der Waals surface area contributed by atoms with Gasteiger partial charge in [-0.2, -0.15) is 0 Å². The lowest BCUT2D eigenvalue weighted by Gasteiger charge is -2.14. The topological polar surface area (TPSA) is 61.4 Å². The Bertz CT molecular complexity index is 682. The highest BCUT2D eigenvalue weighted by Gasteiger charge is 2.15. The summed E-state index contributed by atoms with van der Waals surface area (Å²) in [6.45, 7) is -0.237. The van der Waals surface area contributed by atoms with Crippen LogP contribution in [0, 0.1) is 11.6 Å². The number of hydrogen-bond acceptors (Lipinski definition) is 2. The van der Waals surface area contributed by atoms with Gasteiger partial charge in [-0.15, -0.1) is 0 Å². The molecule has 0 saturated carbocycles.